The van der Waals surface area contributed by atoms with E-state index in [0.29, 0.717) is 23.6 Å². The monoisotopic (exact) mass is 215 g/mol. The summed E-state index contributed by atoms with van der Waals surface area (Å²) in [6.45, 7) is 1.74. The molecule has 0 aromatic carbocycles. The Morgan fingerprint density at radius 3 is 2.71 bits per heavy atom. The average molecular weight is 215 g/mol. The Hall–Kier alpha value is -1.17. The molecule has 0 aliphatic carbocycles. The van der Waals surface area contributed by atoms with Crippen LogP contribution in [0.5, 0.6) is 0 Å². The quantitative estimate of drug-likeness (QED) is 0.764. The van der Waals surface area contributed by atoms with Gasteiger partial charge in [-0.05, 0) is 6.92 Å². The molecule has 14 heavy (non-hydrogen) atoms. The van der Waals surface area contributed by atoms with Crippen LogP contribution in [0.2, 0.25) is 0 Å². The van der Waals surface area contributed by atoms with Crippen LogP contribution >= 0.6 is 0 Å². The molecule has 0 spiro atoms. The third-order valence-corrected chi connectivity index (χ3v) is 2.68. The van der Waals surface area contributed by atoms with E-state index in [4.69, 9.17) is 5.73 Å². The highest BCUT2D eigenvalue weighted by atomic mass is 32.2. The number of anilines is 1. The first-order chi connectivity index (χ1) is 6.38. The van der Waals surface area contributed by atoms with Gasteiger partial charge in [-0.1, -0.05) is 0 Å². The summed E-state index contributed by atoms with van der Waals surface area (Å²) >= 11 is 0. The summed E-state index contributed by atoms with van der Waals surface area (Å²) in [5, 5.41) is 0. The van der Waals surface area contributed by atoms with Gasteiger partial charge in [-0.25, -0.2) is 18.4 Å². The highest BCUT2D eigenvalue weighted by Gasteiger charge is 2.07. The number of nitrogens with two attached hydrogens (primary N) is 1. The van der Waals surface area contributed by atoms with Gasteiger partial charge in [0.2, 0.25) is 0 Å². The first kappa shape index (κ1) is 10.9. The lowest BCUT2D eigenvalue weighted by molar-refractivity contribution is 0.600. The summed E-state index contributed by atoms with van der Waals surface area (Å²) in [4.78, 5) is 7.97. The van der Waals surface area contributed by atoms with E-state index in [1.165, 1.54) is 12.5 Å². The fourth-order valence-electron chi connectivity index (χ4n) is 1.01. The molecule has 1 aromatic heterocycles. The van der Waals surface area contributed by atoms with E-state index in [1.807, 2.05) is 0 Å². The van der Waals surface area contributed by atoms with Crippen LogP contribution in [0.4, 0.5) is 5.69 Å². The largest absolute Gasteiger partial charge is 0.396 e. The third kappa shape index (κ3) is 3.29. The van der Waals surface area contributed by atoms with E-state index in [-0.39, 0.29) is 5.75 Å². The van der Waals surface area contributed by atoms with Crippen molar-refractivity contribution in [2.75, 3.05) is 17.7 Å². The van der Waals surface area contributed by atoms with Gasteiger partial charge in [0.1, 0.15) is 15.7 Å². The van der Waals surface area contributed by atoms with Gasteiger partial charge in [0.25, 0.3) is 0 Å². The second-order valence-corrected chi connectivity index (χ2v) is 5.46. The van der Waals surface area contributed by atoms with Crippen LogP contribution < -0.4 is 5.73 Å². The predicted molar refractivity (Wildman–Crippen MR) is 54.6 cm³/mol. The Balaban J connectivity index is 2.81. The third-order valence-electron chi connectivity index (χ3n) is 1.73. The van der Waals surface area contributed by atoms with Crippen molar-refractivity contribution in [2.45, 2.75) is 13.3 Å². The number of rotatable bonds is 3. The van der Waals surface area contributed by atoms with Crippen molar-refractivity contribution >= 4 is 15.5 Å². The zero-order chi connectivity index (χ0) is 10.8. The Kier molecular flexibility index (Phi) is 3.05. The molecule has 0 saturated heterocycles. The molecule has 0 atom stereocenters. The molecule has 0 amide bonds. The van der Waals surface area contributed by atoms with E-state index < -0.39 is 9.84 Å². The van der Waals surface area contributed by atoms with Gasteiger partial charge in [-0.3, -0.25) is 0 Å². The van der Waals surface area contributed by atoms with Gasteiger partial charge in [-0.2, -0.15) is 0 Å². The number of hydrogen-bond acceptors (Lipinski definition) is 5. The maximum atomic E-state index is 10.9. The summed E-state index contributed by atoms with van der Waals surface area (Å²) in [5.74, 6) is 0.663. The van der Waals surface area contributed by atoms with Crippen LogP contribution in [-0.4, -0.2) is 30.4 Å². The molecule has 5 nitrogen and oxygen atoms in total. The van der Waals surface area contributed by atoms with E-state index in [2.05, 4.69) is 9.97 Å². The fraction of sp³-hybridized carbons (Fsp3) is 0.500. The zero-order valence-electron chi connectivity index (χ0n) is 8.19. The van der Waals surface area contributed by atoms with Crippen molar-refractivity contribution in [2.24, 2.45) is 0 Å². The zero-order valence-corrected chi connectivity index (χ0v) is 9.00. The minimum atomic E-state index is -2.97. The fourth-order valence-corrected chi connectivity index (χ4v) is 1.57. The number of aromatic nitrogens is 2. The summed E-state index contributed by atoms with van der Waals surface area (Å²) in [6, 6.07) is 0. The molecular formula is C8H13N3O2S. The Morgan fingerprint density at radius 2 is 2.14 bits per heavy atom. The van der Waals surface area contributed by atoms with Gasteiger partial charge in [0, 0.05) is 12.7 Å². The molecule has 0 radical (unpaired) electrons. The predicted octanol–water partition coefficient (Wildman–Crippen LogP) is -0.0457. The molecule has 2 N–H and O–H groups in total. The first-order valence-electron chi connectivity index (χ1n) is 4.14. The van der Waals surface area contributed by atoms with Gasteiger partial charge in [-0.15, -0.1) is 0 Å². The molecule has 6 heteroatoms. The van der Waals surface area contributed by atoms with E-state index in [9.17, 15) is 8.42 Å². The lowest BCUT2D eigenvalue weighted by Gasteiger charge is -2.03. The molecule has 78 valence electrons. The van der Waals surface area contributed by atoms with Crippen molar-refractivity contribution in [1.82, 2.24) is 9.97 Å². The molecular weight excluding hydrogens is 202 g/mol. The van der Waals surface area contributed by atoms with Crippen molar-refractivity contribution in [3.05, 3.63) is 17.7 Å². The first-order valence-corrected chi connectivity index (χ1v) is 6.20. The second-order valence-electron chi connectivity index (χ2n) is 3.20. The number of sulfone groups is 1. The molecule has 0 aliphatic rings. The molecule has 0 bridgehead atoms. The Bertz CT molecular complexity index is 428. The normalized spacial score (nSPS) is 11.6. The molecule has 0 fully saturated rings. The smallest absolute Gasteiger partial charge is 0.147 e. The minimum Gasteiger partial charge on any atom is -0.396 e. The molecule has 0 unspecified atom stereocenters. The number of nitrogens with zero attached hydrogens (tertiary/aromatic N) is 2. The highest BCUT2D eigenvalue weighted by Crippen LogP contribution is 2.08. The molecule has 0 saturated carbocycles. The minimum absolute atomic E-state index is 0.0631. The lowest BCUT2D eigenvalue weighted by atomic mass is 10.3. The van der Waals surface area contributed by atoms with E-state index in [1.54, 1.807) is 6.92 Å². The van der Waals surface area contributed by atoms with Crippen LogP contribution in [-0.2, 0) is 16.3 Å². The second kappa shape index (κ2) is 3.91. The topological polar surface area (TPSA) is 85.9 Å². The summed E-state index contributed by atoms with van der Waals surface area (Å²) in [7, 11) is -2.97. The van der Waals surface area contributed by atoms with Crippen LogP contribution in [0.25, 0.3) is 0 Å². The van der Waals surface area contributed by atoms with Crippen LogP contribution in [0.15, 0.2) is 6.20 Å². The SMILES string of the molecule is Cc1ncc(N)c(CCS(C)(=O)=O)n1. The number of aryl methyl sites for hydroxylation is 2. The lowest BCUT2D eigenvalue weighted by Crippen LogP contribution is -2.10. The van der Waals surface area contributed by atoms with Crippen molar-refractivity contribution in [3.8, 4) is 0 Å². The van der Waals surface area contributed by atoms with Crippen molar-refractivity contribution < 1.29 is 8.42 Å². The molecule has 1 aromatic rings. The van der Waals surface area contributed by atoms with Gasteiger partial charge < -0.3 is 5.73 Å². The molecule has 0 aliphatic heterocycles. The van der Waals surface area contributed by atoms with Gasteiger partial charge >= 0.3 is 0 Å². The maximum Gasteiger partial charge on any atom is 0.147 e. The molecule has 1 rings (SSSR count). The standard InChI is InChI=1S/C8H13N3O2S/c1-6-10-5-7(9)8(11-6)3-4-14(2,12)13/h5H,3-4,9H2,1-2H3. The highest BCUT2D eigenvalue weighted by molar-refractivity contribution is 7.90. The Morgan fingerprint density at radius 1 is 1.50 bits per heavy atom. The average Bonchev–Trinajstić information content (AvgIpc) is 2.05. The molecule has 1 heterocycles. The van der Waals surface area contributed by atoms with Crippen molar-refractivity contribution in [1.29, 1.82) is 0 Å². The summed E-state index contributed by atoms with van der Waals surface area (Å²) < 4.78 is 21.8. The van der Waals surface area contributed by atoms with Crippen molar-refractivity contribution in [3.63, 3.8) is 0 Å². The maximum absolute atomic E-state index is 10.9. The van der Waals surface area contributed by atoms with Crippen LogP contribution in [0, 0.1) is 6.92 Å². The summed E-state index contributed by atoms with van der Waals surface area (Å²) in [5.41, 5.74) is 6.64. The van der Waals surface area contributed by atoms with Gasteiger partial charge in [0.15, 0.2) is 0 Å². The van der Waals surface area contributed by atoms with Gasteiger partial charge in [0.05, 0.1) is 23.3 Å². The number of nitrogen functional groups attached to an aromatic ring is 1. The Labute approximate surface area is 83.3 Å². The van der Waals surface area contributed by atoms with E-state index >= 15 is 0 Å². The number of hydrogen-bond donors (Lipinski definition) is 1. The van der Waals surface area contributed by atoms with Crippen LogP contribution in [0.1, 0.15) is 11.5 Å². The summed E-state index contributed by atoms with van der Waals surface area (Å²) in [6.07, 6.45) is 3.03. The van der Waals surface area contributed by atoms with E-state index in [0.717, 1.165) is 0 Å². The van der Waals surface area contributed by atoms with Crippen LogP contribution in [0.3, 0.4) is 0 Å².